The van der Waals surface area contributed by atoms with Gasteiger partial charge in [-0.3, -0.25) is 0 Å². The van der Waals surface area contributed by atoms with Gasteiger partial charge in [0.1, 0.15) is 6.10 Å². The lowest BCUT2D eigenvalue weighted by atomic mass is 9.44. The summed E-state index contributed by atoms with van der Waals surface area (Å²) in [6.45, 7) is 6.78. The molecule has 8 atom stereocenters. The summed E-state index contributed by atoms with van der Waals surface area (Å²) in [5.74, 6) is 2.07. The van der Waals surface area contributed by atoms with Gasteiger partial charge in [-0.15, -0.1) is 6.42 Å². The largest absolute Gasteiger partial charge is 0.393 e. The zero-order valence-corrected chi connectivity index (χ0v) is 19.9. The van der Waals surface area contributed by atoms with Crippen LogP contribution < -0.4 is 0 Å². The van der Waals surface area contributed by atoms with Crippen LogP contribution >= 0.6 is 0 Å². The quantitative estimate of drug-likeness (QED) is 0.489. The van der Waals surface area contributed by atoms with Crippen molar-refractivity contribution in [3.8, 4) is 12.3 Å². The summed E-state index contributed by atoms with van der Waals surface area (Å²) in [6, 6.07) is 0. The predicted octanol–water partition coefficient (Wildman–Crippen LogP) is 3.02. The molecule has 4 aliphatic carbocycles. The molecule has 2 aliphatic heterocycles. The Bertz CT molecular complexity index is 864. The van der Waals surface area contributed by atoms with E-state index in [9.17, 15) is 10.2 Å². The average Bonchev–Trinajstić information content (AvgIpc) is 3.53. The fourth-order valence-electron chi connectivity index (χ4n) is 9.32. The highest BCUT2D eigenvalue weighted by molar-refractivity contribution is 5.29. The third-order valence-corrected chi connectivity index (χ3v) is 10.6. The Kier molecular flexibility index (Phi) is 5.14. The molecule has 6 rings (SSSR count). The van der Waals surface area contributed by atoms with Gasteiger partial charge in [0.25, 0.3) is 0 Å². The molecule has 3 saturated carbocycles. The standard InChI is InChI=1S/C27H38O6/c1-4-22(29)27-16-20(28)23-18(19(27)7-8-21(27)25(3)30-11-12-31-25)6-5-17-15-26(32-13-14-33-26)10-9-24(17,23)2/h1,5,18-23,28-29H,6-16H2,2-3H3/t18-,19-,20-,21+,22?,23+,24-,27+/m0/s1. The summed E-state index contributed by atoms with van der Waals surface area (Å²) in [5, 5.41) is 23.1. The van der Waals surface area contributed by atoms with Crippen molar-refractivity contribution in [3.05, 3.63) is 11.6 Å². The zero-order valence-electron chi connectivity index (χ0n) is 19.9. The third kappa shape index (κ3) is 2.96. The monoisotopic (exact) mass is 458 g/mol. The molecule has 182 valence electrons. The van der Waals surface area contributed by atoms with Crippen LogP contribution in [-0.2, 0) is 18.9 Å². The molecule has 0 aromatic rings. The molecule has 2 N–H and O–H groups in total. The summed E-state index contributed by atoms with van der Waals surface area (Å²) >= 11 is 0. The van der Waals surface area contributed by atoms with E-state index in [2.05, 4.69) is 18.9 Å². The fourth-order valence-corrected chi connectivity index (χ4v) is 9.32. The van der Waals surface area contributed by atoms with Gasteiger partial charge in [0, 0.05) is 24.2 Å². The molecule has 6 nitrogen and oxygen atoms in total. The van der Waals surface area contributed by atoms with Crippen molar-refractivity contribution in [1.82, 2.24) is 0 Å². The van der Waals surface area contributed by atoms with Crippen LogP contribution in [0.4, 0.5) is 0 Å². The van der Waals surface area contributed by atoms with E-state index in [-0.39, 0.29) is 29.1 Å². The van der Waals surface area contributed by atoms with Crippen molar-refractivity contribution in [1.29, 1.82) is 0 Å². The zero-order chi connectivity index (χ0) is 23.1. The number of fused-ring (bicyclic) bond motifs is 5. The van der Waals surface area contributed by atoms with Gasteiger partial charge in [-0.05, 0) is 62.2 Å². The summed E-state index contributed by atoms with van der Waals surface area (Å²) in [5.41, 5.74) is 0.701. The topological polar surface area (TPSA) is 77.4 Å². The first-order valence-corrected chi connectivity index (χ1v) is 12.9. The van der Waals surface area contributed by atoms with E-state index in [0.29, 0.717) is 32.8 Å². The molecular formula is C27H38O6. The van der Waals surface area contributed by atoms with Crippen molar-refractivity contribution < 1.29 is 29.2 Å². The first-order valence-electron chi connectivity index (χ1n) is 12.9. The van der Waals surface area contributed by atoms with Gasteiger partial charge in [-0.25, -0.2) is 0 Å². The third-order valence-electron chi connectivity index (χ3n) is 10.6. The number of hydrogen-bond donors (Lipinski definition) is 2. The predicted molar refractivity (Wildman–Crippen MR) is 121 cm³/mol. The van der Waals surface area contributed by atoms with Gasteiger partial charge < -0.3 is 29.2 Å². The second-order valence-corrected chi connectivity index (χ2v) is 11.8. The second kappa shape index (κ2) is 7.53. The Morgan fingerprint density at radius 1 is 1.06 bits per heavy atom. The van der Waals surface area contributed by atoms with Gasteiger partial charge in [0.05, 0.1) is 32.5 Å². The van der Waals surface area contributed by atoms with Crippen LogP contribution in [0.2, 0.25) is 0 Å². The Hall–Kier alpha value is -0.940. The smallest absolute Gasteiger partial charge is 0.172 e. The highest BCUT2D eigenvalue weighted by atomic mass is 16.7. The molecular weight excluding hydrogens is 420 g/mol. The Morgan fingerprint density at radius 2 is 1.76 bits per heavy atom. The molecule has 1 unspecified atom stereocenters. The summed E-state index contributed by atoms with van der Waals surface area (Å²) in [4.78, 5) is 0. The molecule has 33 heavy (non-hydrogen) atoms. The average molecular weight is 459 g/mol. The number of hydrogen-bond acceptors (Lipinski definition) is 6. The van der Waals surface area contributed by atoms with Crippen LogP contribution in [0.5, 0.6) is 0 Å². The van der Waals surface area contributed by atoms with E-state index in [1.54, 1.807) is 0 Å². The molecule has 6 heteroatoms. The van der Waals surface area contributed by atoms with Crippen molar-refractivity contribution >= 4 is 0 Å². The van der Waals surface area contributed by atoms with Crippen LogP contribution in [0.1, 0.15) is 58.8 Å². The van der Waals surface area contributed by atoms with Crippen LogP contribution in [-0.4, -0.2) is 60.4 Å². The number of aliphatic hydroxyl groups is 2. The molecule has 0 aromatic heterocycles. The Morgan fingerprint density at radius 3 is 2.45 bits per heavy atom. The summed E-state index contributed by atoms with van der Waals surface area (Å²) in [7, 11) is 0. The van der Waals surface area contributed by atoms with Gasteiger partial charge in [-0.1, -0.05) is 24.5 Å². The second-order valence-electron chi connectivity index (χ2n) is 11.8. The summed E-state index contributed by atoms with van der Waals surface area (Å²) in [6.07, 6.45) is 12.7. The lowest BCUT2D eigenvalue weighted by molar-refractivity contribution is -0.245. The van der Waals surface area contributed by atoms with Gasteiger partial charge in [0.15, 0.2) is 11.6 Å². The van der Waals surface area contributed by atoms with E-state index in [0.717, 1.165) is 38.5 Å². The number of terminal acetylenes is 1. The number of rotatable bonds is 2. The molecule has 0 radical (unpaired) electrons. The summed E-state index contributed by atoms with van der Waals surface area (Å²) < 4.78 is 24.3. The number of ether oxygens (including phenoxy) is 4. The van der Waals surface area contributed by atoms with E-state index >= 15 is 0 Å². The maximum atomic E-state index is 11.8. The lowest BCUT2D eigenvalue weighted by Crippen LogP contribution is -2.62. The molecule has 0 bridgehead atoms. The molecule has 6 aliphatic rings. The minimum absolute atomic E-state index is 0.0350. The van der Waals surface area contributed by atoms with Gasteiger partial charge in [-0.2, -0.15) is 0 Å². The van der Waals surface area contributed by atoms with Crippen molar-refractivity contribution in [3.63, 3.8) is 0 Å². The fraction of sp³-hybridized carbons (Fsp3) is 0.852. The van der Waals surface area contributed by atoms with Gasteiger partial charge in [0.2, 0.25) is 0 Å². The van der Waals surface area contributed by atoms with Crippen molar-refractivity contribution in [2.24, 2.45) is 34.5 Å². The Labute approximate surface area is 197 Å². The van der Waals surface area contributed by atoms with E-state index in [1.165, 1.54) is 5.57 Å². The lowest BCUT2D eigenvalue weighted by Gasteiger charge is -2.62. The first kappa shape index (κ1) is 22.5. The normalized spacial score (nSPS) is 48.5. The maximum Gasteiger partial charge on any atom is 0.172 e. The molecule has 2 saturated heterocycles. The van der Waals surface area contributed by atoms with Crippen molar-refractivity contribution in [2.75, 3.05) is 26.4 Å². The highest BCUT2D eigenvalue weighted by Crippen LogP contribution is 2.69. The SMILES string of the molecule is C#CC(O)[C@]12C[C@H](O)[C@H]3[C@@H](CC=C4CC5(CC[C@@]43C)OCCO5)[C@@H]1CC[C@@H]2C1(C)OCCO1. The minimum Gasteiger partial charge on any atom is -0.393 e. The molecule has 5 fully saturated rings. The maximum absolute atomic E-state index is 11.8. The van der Waals surface area contributed by atoms with Gasteiger partial charge >= 0.3 is 0 Å². The van der Waals surface area contributed by atoms with E-state index < -0.39 is 29.2 Å². The first-order chi connectivity index (χ1) is 15.8. The van der Waals surface area contributed by atoms with Crippen LogP contribution in [0.3, 0.4) is 0 Å². The number of allylic oxidation sites excluding steroid dienone is 1. The number of aliphatic hydroxyl groups excluding tert-OH is 2. The molecule has 2 heterocycles. The van der Waals surface area contributed by atoms with Crippen molar-refractivity contribution in [2.45, 2.75) is 82.6 Å². The van der Waals surface area contributed by atoms with Crippen LogP contribution in [0.25, 0.3) is 0 Å². The van der Waals surface area contributed by atoms with Crippen LogP contribution in [0, 0.1) is 46.8 Å². The highest BCUT2D eigenvalue weighted by Gasteiger charge is 2.69. The minimum atomic E-state index is -0.927. The molecule has 1 spiro atoms. The van der Waals surface area contributed by atoms with E-state index in [4.69, 9.17) is 25.4 Å². The Balaban J connectivity index is 1.38. The molecule has 0 amide bonds. The van der Waals surface area contributed by atoms with E-state index in [1.807, 2.05) is 6.92 Å². The van der Waals surface area contributed by atoms with Crippen LogP contribution in [0.15, 0.2) is 11.6 Å². The molecule has 0 aromatic carbocycles.